The number of anilines is 1. The molecule has 0 amide bonds. The van der Waals surface area contributed by atoms with Crippen LogP contribution in [0.25, 0.3) is 0 Å². The number of benzene rings is 1. The van der Waals surface area contributed by atoms with E-state index in [2.05, 4.69) is 51.2 Å². The molecule has 1 atom stereocenters. The van der Waals surface area contributed by atoms with Gasteiger partial charge in [-0.15, -0.1) is 0 Å². The van der Waals surface area contributed by atoms with Gasteiger partial charge in [-0.3, -0.25) is 0 Å². The molecule has 19 heavy (non-hydrogen) atoms. The summed E-state index contributed by atoms with van der Waals surface area (Å²) in [5.41, 5.74) is 1.19. The van der Waals surface area contributed by atoms with E-state index in [9.17, 15) is 0 Å². The van der Waals surface area contributed by atoms with E-state index in [-0.39, 0.29) is 6.10 Å². The second-order valence-electron chi connectivity index (χ2n) is 6.18. The molecule has 1 fully saturated rings. The Hall–Kier alpha value is -1.18. The standard InChI is InChI=1S/C17H27NO/c1-5-13(4)19-17-8-6-7-15(11-17)18-16-9-14(10-16)12(2)3/h6-8,11-14,16,18H,5,9-10H2,1-4H3. The first-order chi connectivity index (χ1) is 9.08. The fourth-order valence-electron chi connectivity index (χ4n) is 2.53. The minimum absolute atomic E-state index is 0.282. The molecule has 1 aliphatic carbocycles. The van der Waals surface area contributed by atoms with Gasteiger partial charge < -0.3 is 10.1 Å². The van der Waals surface area contributed by atoms with Gasteiger partial charge in [0.05, 0.1) is 6.10 Å². The van der Waals surface area contributed by atoms with Gasteiger partial charge in [0, 0.05) is 17.8 Å². The lowest BCUT2D eigenvalue weighted by Gasteiger charge is -2.39. The van der Waals surface area contributed by atoms with Gasteiger partial charge in [0.15, 0.2) is 0 Å². The summed E-state index contributed by atoms with van der Waals surface area (Å²) in [4.78, 5) is 0. The number of rotatable bonds is 6. The van der Waals surface area contributed by atoms with Crippen LogP contribution in [0.3, 0.4) is 0 Å². The van der Waals surface area contributed by atoms with Gasteiger partial charge >= 0.3 is 0 Å². The number of hydrogen-bond acceptors (Lipinski definition) is 2. The average molecular weight is 261 g/mol. The number of hydrogen-bond donors (Lipinski definition) is 1. The molecule has 2 heteroatoms. The van der Waals surface area contributed by atoms with Crippen LogP contribution in [0, 0.1) is 11.8 Å². The Bertz CT molecular complexity index is 396. The van der Waals surface area contributed by atoms with Crippen molar-refractivity contribution in [1.82, 2.24) is 0 Å². The summed E-state index contributed by atoms with van der Waals surface area (Å²) < 4.78 is 5.86. The predicted molar refractivity (Wildman–Crippen MR) is 81.8 cm³/mol. The number of nitrogens with one attached hydrogen (secondary N) is 1. The van der Waals surface area contributed by atoms with Crippen LogP contribution in [0.1, 0.15) is 47.0 Å². The molecule has 1 aromatic carbocycles. The maximum Gasteiger partial charge on any atom is 0.121 e. The highest BCUT2D eigenvalue weighted by atomic mass is 16.5. The molecule has 2 nitrogen and oxygen atoms in total. The lowest BCUT2D eigenvalue weighted by atomic mass is 9.73. The monoisotopic (exact) mass is 261 g/mol. The maximum atomic E-state index is 5.86. The Morgan fingerprint density at radius 3 is 2.63 bits per heavy atom. The van der Waals surface area contributed by atoms with Crippen molar-refractivity contribution in [3.05, 3.63) is 24.3 Å². The predicted octanol–water partition coefficient (Wildman–Crippen LogP) is 4.71. The third kappa shape index (κ3) is 3.89. The highest BCUT2D eigenvalue weighted by Crippen LogP contribution is 2.35. The second-order valence-corrected chi connectivity index (χ2v) is 6.18. The molecule has 1 saturated carbocycles. The molecule has 2 rings (SSSR count). The molecule has 0 aromatic heterocycles. The van der Waals surface area contributed by atoms with Crippen LogP contribution in [0.15, 0.2) is 24.3 Å². The van der Waals surface area contributed by atoms with Gasteiger partial charge in [0.1, 0.15) is 5.75 Å². The molecule has 1 unspecified atom stereocenters. The molecule has 0 saturated heterocycles. The number of ether oxygens (including phenoxy) is 1. The fourth-order valence-corrected chi connectivity index (χ4v) is 2.53. The molecule has 1 aliphatic rings. The SMILES string of the molecule is CCC(C)Oc1cccc(NC2CC(C(C)C)C2)c1. The normalized spacial score (nSPS) is 23.8. The van der Waals surface area contributed by atoms with Crippen LogP contribution >= 0.6 is 0 Å². The van der Waals surface area contributed by atoms with E-state index in [1.54, 1.807) is 0 Å². The Morgan fingerprint density at radius 1 is 1.26 bits per heavy atom. The zero-order valence-corrected chi connectivity index (χ0v) is 12.6. The smallest absolute Gasteiger partial charge is 0.121 e. The maximum absolute atomic E-state index is 5.86. The van der Waals surface area contributed by atoms with Crippen molar-refractivity contribution in [1.29, 1.82) is 0 Å². The second kappa shape index (κ2) is 6.31. The first-order valence-corrected chi connectivity index (χ1v) is 7.61. The summed E-state index contributed by atoms with van der Waals surface area (Å²) in [5, 5.41) is 3.61. The zero-order chi connectivity index (χ0) is 13.8. The highest BCUT2D eigenvalue weighted by Gasteiger charge is 2.30. The summed E-state index contributed by atoms with van der Waals surface area (Å²) in [6, 6.07) is 9.00. The Balaban J connectivity index is 1.86. The van der Waals surface area contributed by atoms with Crippen LogP contribution in [-0.2, 0) is 0 Å². The summed E-state index contributed by atoms with van der Waals surface area (Å²) in [7, 11) is 0. The molecule has 0 aliphatic heterocycles. The van der Waals surface area contributed by atoms with Crippen molar-refractivity contribution in [2.45, 2.75) is 59.1 Å². The van der Waals surface area contributed by atoms with Crippen molar-refractivity contribution in [2.75, 3.05) is 5.32 Å². The van der Waals surface area contributed by atoms with Crippen molar-refractivity contribution in [2.24, 2.45) is 11.8 Å². The van der Waals surface area contributed by atoms with Crippen LogP contribution in [0.4, 0.5) is 5.69 Å². The Labute approximate surface area is 117 Å². The minimum Gasteiger partial charge on any atom is -0.491 e. The van der Waals surface area contributed by atoms with E-state index in [4.69, 9.17) is 4.74 Å². The molecule has 0 spiro atoms. The third-order valence-corrected chi connectivity index (χ3v) is 4.23. The van der Waals surface area contributed by atoms with Crippen LogP contribution in [-0.4, -0.2) is 12.1 Å². The van der Waals surface area contributed by atoms with Crippen molar-refractivity contribution < 1.29 is 4.74 Å². The molecular weight excluding hydrogens is 234 g/mol. The van der Waals surface area contributed by atoms with Gasteiger partial charge in [0.2, 0.25) is 0 Å². The molecule has 106 valence electrons. The molecule has 0 radical (unpaired) electrons. The van der Waals surface area contributed by atoms with Gasteiger partial charge in [-0.2, -0.15) is 0 Å². The first-order valence-electron chi connectivity index (χ1n) is 7.61. The van der Waals surface area contributed by atoms with Crippen LogP contribution in [0.2, 0.25) is 0 Å². The molecule has 1 aromatic rings. The zero-order valence-electron chi connectivity index (χ0n) is 12.6. The fraction of sp³-hybridized carbons (Fsp3) is 0.647. The summed E-state index contributed by atoms with van der Waals surface area (Å²) in [5.74, 6) is 2.69. The van der Waals surface area contributed by atoms with Gasteiger partial charge in [-0.25, -0.2) is 0 Å². The molecule has 0 bridgehead atoms. The lowest BCUT2D eigenvalue weighted by molar-refractivity contribution is 0.211. The Morgan fingerprint density at radius 2 is 2.00 bits per heavy atom. The van der Waals surface area contributed by atoms with Crippen molar-refractivity contribution in [3.63, 3.8) is 0 Å². The molecule has 1 N–H and O–H groups in total. The van der Waals surface area contributed by atoms with E-state index in [1.807, 2.05) is 6.07 Å². The van der Waals surface area contributed by atoms with E-state index in [0.717, 1.165) is 24.0 Å². The summed E-state index contributed by atoms with van der Waals surface area (Å²) in [6.45, 7) is 8.90. The van der Waals surface area contributed by atoms with Crippen molar-refractivity contribution in [3.8, 4) is 5.75 Å². The quantitative estimate of drug-likeness (QED) is 0.800. The third-order valence-electron chi connectivity index (χ3n) is 4.23. The first kappa shape index (κ1) is 14.2. The van der Waals surface area contributed by atoms with E-state index in [1.165, 1.54) is 18.5 Å². The van der Waals surface area contributed by atoms with E-state index < -0.39 is 0 Å². The van der Waals surface area contributed by atoms with Gasteiger partial charge in [-0.05, 0) is 50.2 Å². The minimum atomic E-state index is 0.282. The van der Waals surface area contributed by atoms with E-state index in [0.29, 0.717) is 6.04 Å². The summed E-state index contributed by atoms with van der Waals surface area (Å²) >= 11 is 0. The molecular formula is C17H27NO. The van der Waals surface area contributed by atoms with Crippen LogP contribution < -0.4 is 10.1 Å². The van der Waals surface area contributed by atoms with E-state index >= 15 is 0 Å². The van der Waals surface area contributed by atoms with Crippen LogP contribution in [0.5, 0.6) is 5.75 Å². The Kier molecular flexibility index (Phi) is 4.73. The van der Waals surface area contributed by atoms with Gasteiger partial charge in [0.25, 0.3) is 0 Å². The topological polar surface area (TPSA) is 21.3 Å². The molecule has 0 heterocycles. The average Bonchev–Trinajstić information content (AvgIpc) is 2.33. The lowest BCUT2D eigenvalue weighted by Crippen LogP contribution is -2.37. The highest BCUT2D eigenvalue weighted by molar-refractivity contribution is 5.49. The largest absolute Gasteiger partial charge is 0.491 e. The van der Waals surface area contributed by atoms with Gasteiger partial charge in [-0.1, -0.05) is 26.8 Å². The van der Waals surface area contributed by atoms with Crippen molar-refractivity contribution >= 4 is 5.69 Å². The summed E-state index contributed by atoms with van der Waals surface area (Å²) in [6.07, 6.45) is 3.92.